The van der Waals surface area contributed by atoms with Crippen molar-refractivity contribution in [3.63, 3.8) is 0 Å². The van der Waals surface area contributed by atoms with Gasteiger partial charge in [-0.3, -0.25) is 4.79 Å². The number of hydrogen-bond acceptors (Lipinski definition) is 2. The van der Waals surface area contributed by atoms with Crippen molar-refractivity contribution >= 4 is 22.9 Å². The lowest BCUT2D eigenvalue weighted by molar-refractivity contribution is 0.0993. The SMILES string of the molecule is Cc1cc(C(=O)N2CCc3ccccc32)sc1C. The van der Waals surface area contributed by atoms with Crippen LogP contribution in [0.25, 0.3) is 0 Å². The zero-order valence-corrected chi connectivity index (χ0v) is 11.4. The molecule has 0 atom stereocenters. The molecule has 0 radical (unpaired) electrons. The highest BCUT2D eigenvalue weighted by atomic mass is 32.1. The Morgan fingerprint density at radius 3 is 2.78 bits per heavy atom. The Balaban J connectivity index is 1.95. The second kappa shape index (κ2) is 4.25. The average Bonchev–Trinajstić information content (AvgIpc) is 2.93. The summed E-state index contributed by atoms with van der Waals surface area (Å²) in [5.74, 6) is 0.140. The van der Waals surface area contributed by atoms with E-state index in [0.717, 1.165) is 23.5 Å². The lowest BCUT2D eigenvalue weighted by Crippen LogP contribution is -2.28. The number of carbonyl (C=O) groups excluding carboxylic acids is 1. The molecule has 92 valence electrons. The number of fused-ring (bicyclic) bond motifs is 1. The molecule has 2 heterocycles. The van der Waals surface area contributed by atoms with Crippen molar-refractivity contribution in [1.82, 2.24) is 0 Å². The fourth-order valence-corrected chi connectivity index (χ4v) is 3.34. The number of hydrogen-bond donors (Lipinski definition) is 0. The van der Waals surface area contributed by atoms with Crippen LogP contribution in [0.1, 0.15) is 25.7 Å². The minimum atomic E-state index is 0.140. The van der Waals surface area contributed by atoms with Gasteiger partial charge in [0, 0.05) is 17.1 Å². The molecule has 0 saturated heterocycles. The molecule has 0 unspecified atom stereocenters. The number of benzene rings is 1. The topological polar surface area (TPSA) is 20.3 Å². The smallest absolute Gasteiger partial charge is 0.268 e. The largest absolute Gasteiger partial charge is 0.307 e. The highest BCUT2D eigenvalue weighted by Crippen LogP contribution is 2.31. The first-order chi connectivity index (χ1) is 8.66. The Hall–Kier alpha value is -1.61. The molecule has 2 aromatic rings. The predicted molar refractivity (Wildman–Crippen MR) is 75.6 cm³/mol. The third-order valence-electron chi connectivity index (χ3n) is 3.51. The van der Waals surface area contributed by atoms with Gasteiger partial charge in [-0.1, -0.05) is 18.2 Å². The summed E-state index contributed by atoms with van der Waals surface area (Å²) in [7, 11) is 0. The zero-order valence-electron chi connectivity index (χ0n) is 10.6. The maximum atomic E-state index is 12.5. The minimum Gasteiger partial charge on any atom is -0.307 e. The fourth-order valence-electron chi connectivity index (χ4n) is 2.36. The Kier molecular flexibility index (Phi) is 2.71. The van der Waals surface area contributed by atoms with Crippen LogP contribution in [0.4, 0.5) is 5.69 Å². The van der Waals surface area contributed by atoms with Gasteiger partial charge in [-0.15, -0.1) is 11.3 Å². The molecule has 1 aliphatic rings. The number of para-hydroxylation sites is 1. The van der Waals surface area contributed by atoms with Crippen LogP contribution in [0.2, 0.25) is 0 Å². The van der Waals surface area contributed by atoms with E-state index in [1.807, 2.05) is 29.2 Å². The van der Waals surface area contributed by atoms with E-state index in [1.54, 1.807) is 11.3 Å². The van der Waals surface area contributed by atoms with Crippen LogP contribution in [0.3, 0.4) is 0 Å². The molecule has 2 nitrogen and oxygen atoms in total. The number of carbonyl (C=O) groups is 1. The van der Waals surface area contributed by atoms with Gasteiger partial charge in [0.05, 0.1) is 4.88 Å². The number of amides is 1. The summed E-state index contributed by atoms with van der Waals surface area (Å²) in [4.78, 5) is 16.5. The normalized spacial score (nSPS) is 13.8. The van der Waals surface area contributed by atoms with Crippen LogP contribution in [-0.4, -0.2) is 12.5 Å². The zero-order chi connectivity index (χ0) is 12.7. The van der Waals surface area contributed by atoms with Crippen molar-refractivity contribution in [3.05, 3.63) is 51.2 Å². The number of aryl methyl sites for hydroxylation is 2. The molecule has 0 bridgehead atoms. The molecular formula is C15H15NOS. The summed E-state index contributed by atoms with van der Waals surface area (Å²) in [5.41, 5.74) is 3.55. The molecule has 18 heavy (non-hydrogen) atoms. The van der Waals surface area contributed by atoms with E-state index in [9.17, 15) is 4.79 Å². The second-order valence-corrected chi connectivity index (χ2v) is 5.94. The minimum absolute atomic E-state index is 0.140. The molecule has 1 aliphatic heterocycles. The first-order valence-electron chi connectivity index (χ1n) is 6.13. The van der Waals surface area contributed by atoms with Crippen LogP contribution in [0.15, 0.2) is 30.3 Å². The molecular weight excluding hydrogens is 242 g/mol. The molecule has 0 spiro atoms. The van der Waals surface area contributed by atoms with E-state index in [4.69, 9.17) is 0 Å². The highest BCUT2D eigenvalue weighted by Gasteiger charge is 2.26. The monoisotopic (exact) mass is 257 g/mol. The first-order valence-corrected chi connectivity index (χ1v) is 6.95. The number of nitrogens with zero attached hydrogens (tertiary/aromatic N) is 1. The van der Waals surface area contributed by atoms with Gasteiger partial charge in [0.1, 0.15) is 0 Å². The van der Waals surface area contributed by atoms with Crippen LogP contribution >= 0.6 is 11.3 Å². The Morgan fingerprint density at radius 1 is 1.28 bits per heavy atom. The molecule has 1 amide bonds. The van der Waals surface area contributed by atoms with Gasteiger partial charge >= 0.3 is 0 Å². The quantitative estimate of drug-likeness (QED) is 0.765. The van der Waals surface area contributed by atoms with Gasteiger partial charge in [0.15, 0.2) is 0 Å². The molecule has 1 aromatic carbocycles. The van der Waals surface area contributed by atoms with E-state index >= 15 is 0 Å². The first kappa shape index (κ1) is 11.5. The van der Waals surface area contributed by atoms with Gasteiger partial charge in [-0.25, -0.2) is 0 Å². The predicted octanol–water partition coefficient (Wildman–Crippen LogP) is 3.57. The lowest BCUT2D eigenvalue weighted by atomic mass is 10.2. The number of thiophene rings is 1. The van der Waals surface area contributed by atoms with Gasteiger partial charge in [0.2, 0.25) is 0 Å². The van der Waals surface area contributed by atoms with E-state index < -0.39 is 0 Å². The van der Waals surface area contributed by atoms with Crippen molar-refractivity contribution in [2.45, 2.75) is 20.3 Å². The van der Waals surface area contributed by atoms with E-state index in [2.05, 4.69) is 19.9 Å². The highest BCUT2D eigenvalue weighted by molar-refractivity contribution is 7.14. The van der Waals surface area contributed by atoms with E-state index in [1.165, 1.54) is 16.0 Å². The van der Waals surface area contributed by atoms with Gasteiger partial charge < -0.3 is 4.90 Å². The lowest BCUT2D eigenvalue weighted by Gasteiger charge is -2.16. The summed E-state index contributed by atoms with van der Waals surface area (Å²) < 4.78 is 0. The van der Waals surface area contributed by atoms with Crippen molar-refractivity contribution in [2.24, 2.45) is 0 Å². The van der Waals surface area contributed by atoms with Crippen LogP contribution in [0.5, 0.6) is 0 Å². The van der Waals surface area contributed by atoms with Crippen LogP contribution in [0, 0.1) is 13.8 Å². The van der Waals surface area contributed by atoms with Gasteiger partial charge in [-0.05, 0) is 43.5 Å². The van der Waals surface area contributed by atoms with Crippen molar-refractivity contribution in [1.29, 1.82) is 0 Å². The fraction of sp³-hybridized carbons (Fsp3) is 0.267. The van der Waals surface area contributed by atoms with Crippen LogP contribution in [-0.2, 0) is 6.42 Å². The standard InChI is InChI=1S/C15H15NOS/c1-10-9-14(18-11(10)2)15(17)16-8-7-12-5-3-4-6-13(12)16/h3-6,9H,7-8H2,1-2H3. The summed E-state index contributed by atoms with van der Waals surface area (Å²) >= 11 is 1.59. The third-order valence-corrected chi connectivity index (χ3v) is 4.65. The molecule has 3 rings (SSSR count). The van der Waals surface area contributed by atoms with Crippen molar-refractivity contribution in [2.75, 3.05) is 11.4 Å². The number of anilines is 1. The maximum Gasteiger partial charge on any atom is 0.268 e. The molecule has 0 saturated carbocycles. The maximum absolute atomic E-state index is 12.5. The summed E-state index contributed by atoms with van der Waals surface area (Å²) in [6.07, 6.45) is 0.964. The molecule has 0 fully saturated rings. The van der Waals surface area contributed by atoms with E-state index in [-0.39, 0.29) is 5.91 Å². The molecule has 0 aliphatic carbocycles. The third kappa shape index (κ3) is 1.75. The van der Waals surface area contributed by atoms with Crippen LogP contribution < -0.4 is 4.90 Å². The van der Waals surface area contributed by atoms with Crippen molar-refractivity contribution < 1.29 is 4.79 Å². The average molecular weight is 257 g/mol. The van der Waals surface area contributed by atoms with Gasteiger partial charge in [0.25, 0.3) is 5.91 Å². The second-order valence-electron chi connectivity index (χ2n) is 4.69. The molecule has 1 aromatic heterocycles. The molecule has 0 N–H and O–H groups in total. The Bertz CT molecular complexity index is 595. The Morgan fingerprint density at radius 2 is 2.06 bits per heavy atom. The van der Waals surface area contributed by atoms with Gasteiger partial charge in [-0.2, -0.15) is 0 Å². The summed E-state index contributed by atoms with van der Waals surface area (Å²) in [6.45, 7) is 4.92. The number of rotatable bonds is 1. The molecule has 3 heteroatoms. The van der Waals surface area contributed by atoms with E-state index in [0.29, 0.717) is 0 Å². The summed E-state index contributed by atoms with van der Waals surface area (Å²) in [6, 6.07) is 10.2. The summed E-state index contributed by atoms with van der Waals surface area (Å²) in [5, 5.41) is 0. The van der Waals surface area contributed by atoms with Crippen molar-refractivity contribution in [3.8, 4) is 0 Å². The Labute approximate surface area is 111 Å².